The van der Waals surface area contributed by atoms with Gasteiger partial charge < -0.3 is 34.5 Å². The van der Waals surface area contributed by atoms with Crippen LogP contribution in [-0.4, -0.2) is 96.0 Å². The number of rotatable bonds is 11. The molecule has 2 atom stereocenters. The lowest BCUT2D eigenvalue weighted by Gasteiger charge is -2.31. The van der Waals surface area contributed by atoms with Crippen molar-refractivity contribution in [1.82, 2.24) is 19.8 Å². The molecule has 2 aliphatic rings. The zero-order chi connectivity index (χ0) is 31.8. The second kappa shape index (κ2) is 15.5. The van der Waals surface area contributed by atoms with Gasteiger partial charge in [0.1, 0.15) is 30.1 Å². The number of benzene rings is 1. The molecule has 242 valence electrons. The predicted molar refractivity (Wildman–Crippen MR) is 157 cm³/mol. The maximum absolute atomic E-state index is 15.0. The van der Waals surface area contributed by atoms with E-state index in [9.17, 15) is 18.4 Å². The first-order valence-electron chi connectivity index (χ1n) is 15.2. The molecule has 13 heteroatoms. The minimum absolute atomic E-state index is 0.0137. The van der Waals surface area contributed by atoms with E-state index in [2.05, 4.69) is 14.9 Å². The smallest absolute Gasteiger partial charge is 0.410 e. The Labute approximate surface area is 257 Å². The van der Waals surface area contributed by atoms with Crippen LogP contribution in [0.3, 0.4) is 0 Å². The Hall–Kier alpha value is -3.42. The number of nitrogens with two attached hydrogens (primary N) is 1. The van der Waals surface area contributed by atoms with Gasteiger partial charge in [0.05, 0.1) is 17.8 Å². The van der Waals surface area contributed by atoms with E-state index < -0.39 is 23.6 Å². The Morgan fingerprint density at radius 3 is 2.41 bits per heavy atom. The molecular formula is C31H43F2N5O6. The summed E-state index contributed by atoms with van der Waals surface area (Å²) in [5.41, 5.74) is 6.69. The van der Waals surface area contributed by atoms with Gasteiger partial charge in [-0.05, 0) is 69.8 Å². The van der Waals surface area contributed by atoms with Crippen molar-refractivity contribution in [2.75, 3.05) is 39.8 Å². The molecule has 2 saturated heterocycles. The molecule has 2 aromatic rings. The number of ether oxygens (including phenoxy) is 4. The lowest BCUT2D eigenvalue weighted by Crippen LogP contribution is -2.42. The fourth-order valence-corrected chi connectivity index (χ4v) is 5.39. The number of hydrogen-bond acceptors (Lipinski definition) is 10. The largest absolute Gasteiger partial charge is 0.474 e. The van der Waals surface area contributed by atoms with E-state index >= 15 is 0 Å². The Morgan fingerprint density at radius 2 is 1.70 bits per heavy atom. The molecule has 1 unspecified atom stereocenters. The van der Waals surface area contributed by atoms with Crippen molar-refractivity contribution in [3.05, 3.63) is 46.8 Å². The summed E-state index contributed by atoms with van der Waals surface area (Å²) in [5, 5.41) is 0. The highest BCUT2D eigenvalue weighted by Crippen LogP contribution is 2.26. The van der Waals surface area contributed by atoms with Crippen molar-refractivity contribution in [3.63, 3.8) is 0 Å². The second-order valence-corrected chi connectivity index (χ2v) is 11.7. The molecule has 0 radical (unpaired) electrons. The molecule has 11 nitrogen and oxygen atoms in total. The average molecular weight is 620 g/mol. The van der Waals surface area contributed by atoms with Crippen LogP contribution >= 0.6 is 0 Å². The SMILES string of the molecule is COC1CCCN(CCc2cc(F)c(C[C@H](N)C(=O)Oc3ncnc(OC4CCN(C(=O)OC(C)C)CC4)c3C)cc2F)C1. The van der Waals surface area contributed by atoms with E-state index in [0.717, 1.165) is 32.0 Å². The number of aromatic nitrogens is 2. The standard InChI is InChI=1S/C31H43F2N5O6/c1-19(2)42-31(40)38-12-8-23(9-13-38)43-28-20(3)29(36-18-35-28)44-30(39)27(34)16-22-15-25(32)21(14-26(22)33)7-11-37-10-5-6-24(17-37)41-4/h14-15,18-19,23-24,27H,5-13,16-17,34H2,1-4H3/t24?,27-/m0/s1. The number of likely N-dealkylation sites (tertiary alicyclic amines) is 2. The van der Waals surface area contributed by atoms with Crippen LogP contribution in [-0.2, 0) is 27.1 Å². The van der Waals surface area contributed by atoms with E-state index in [-0.39, 0.29) is 53.7 Å². The van der Waals surface area contributed by atoms with Gasteiger partial charge in [-0.15, -0.1) is 0 Å². The van der Waals surface area contributed by atoms with Crippen LogP contribution in [0, 0.1) is 18.6 Å². The molecule has 1 aromatic heterocycles. The number of piperidine rings is 2. The van der Waals surface area contributed by atoms with Crippen molar-refractivity contribution in [2.24, 2.45) is 5.73 Å². The zero-order valence-electron chi connectivity index (χ0n) is 25.9. The second-order valence-electron chi connectivity index (χ2n) is 11.7. The Bertz CT molecular complexity index is 1290. The molecule has 1 amide bonds. The third-order valence-electron chi connectivity index (χ3n) is 7.95. The van der Waals surface area contributed by atoms with E-state index in [1.54, 1.807) is 32.8 Å². The van der Waals surface area contributed by atoms with E-state index in [4.69, 9.17) is 24.7 Å². The van der Waals surface area contributed by atoms with Gasteiger partial charge >= 0.3 is 12.1 Å². The molecule has 0 saturated carbocycles. The van der Waals surface area contributed by atoms with Crippen LogP contribution in [0.4, 0.5) is 13.6 Å². The van der Waals surface area contributed by atoms with Gasteiger partial charge in [-0.3, -0.25) is 0 Å². The molecule has 4 rings (SSSR count). The first-order valence-corrected chi connectivity index (χ1v) is 15.2. The zero-order valence-corrected chi connectivity index (χ0v) is 25.9. The van der Waals surface area contributed by atoms with Gasteiger partial charge in [-0.1, -0.05) is 0 Å². The number of amides is 1. The monoisotopic (exact) mass is 619 g/mol. The van der Waals surface area contributed by atoms with Gasteiger partial charge in [0, 0.05) is 52.6 Å². The topological polar surface area (TPSA) is 129 Å². The summed E-state index contributed by atoms with van der Waals surface area (Å²) < 4.78 is 52.0. The molecule has 0 aliphatic carbocycles. The highest BCUT2D eigenvalue weighted by atomic mass is 19.1. The highest BCUT2D eigenvalue weighted by molar-refractivity contribution is 5.78. The van der Waals surface area contributed by atoms with Gasteiger partial charge in [-0.25, -0.2) is 28.3 Å². The molecule has 0 bridgehead atoms. The summed E-state index contributed by atoms with van der Waals surface area (Å²) in [6.07, 6.45) is 3.86. The van der Waals surface area contributed by atoms with E-state index in [1.165, 1.54) is 12.4 Å². The number of halogens is 2. The number of esters is 1. The van der Waals surface area contributed by atoms with Crippen LogP contribution in [0.15, 0.2) is 18.5 Å². The summed E-state index contributed by atoms with van der Waals surface area (Å²) >= 11 is 0. The van der Waals surface area contributed by atoms with Gasteiger partial charge in [0.25, 0.3) is 0 Å². The maximum atomic E-state index is 15.0. The average Bonchev–Trinajstić information content (AvgIpc) is 3.00. The third-order valence-corrected chi connectivity index (χ3v) is 7.95. The van der Waals surface area contributed by atoms with E-state index in [1.807, 2.05) is 0 Å². The number of carbonyl (C=O) groups excluding carboxylic acids is 2. The van der Waals surface area contributed by atoms with Gasteiger partial charge in [-0.2, -0.15) is 0 Å². The molecule has 1 aromatic carbocycles. The normalized spacial score (nSPS) is 18.7. The molecule has 3 heterocycles. The van der Waals surface area contributed by atoms with Gasteiger partial charge in [0.15, 0.2) is 0 Å². The summed E-state index contributed by atoms with van der Waals surface area (Å²) in [5.74, 6) is -1.82. The quantitative estimate of drug-likeness (QED) is 0.373. The van der Waals surface area contributed by atoms with Crippen molar-refractivity contribution < 1.29 is 37.3 Å². The molecular weight excluding hydrogens is 576 g/mol. The first kappa shape index (κ1) is 33.5. The van der Waals surface area contributed by atoms with E-state index in [0.29, 0.717) is 44.5 Å². The Kier molecular flexibility index (Phi) is 11.8. The van der Waals surface area contributed by atoms with Crippen molar-refractivity contribution in [2.45, 2.75) is 83.6 Å². The summed E-state index contributed by atoms with van der Waals surface area (Å²) in [6.45, 7) is 8.45. The molecule has 2 fully saturated rings. The fraction of sp³-hybridized carbons (Fsp3) is 0.613. The molecule has 2 aliphatic heterocycles. The molecule has 0 spiro atoms. The number of hydrogen-bond donors (Lipinski definition) is 1. The lowest BCUT2D eigenvalue weighted by atomic mass is 10.0. The van der Waals surface area contributed by atoms with Crippen LogP contribution in [0.2, 0.25) is 0 Å². The summed E-state index contributed by atoms with van der Waals surface area (Å²) in [4.78, 5) is 37.0. The number of carbonyl (C=O) groups is 2. The summed E-state index contributed by atoms with van der Waals surface area (Å²) in [6, 6.07) is 1.01. The Balaban J connectivity index is 1.30. The lowest BCUT2D eigenvalue weighted by molar-refractivity contribution is -0.136. The number of methoxy groups -OCH3 is 1. The predicted octanol–water partition coefficient (Wildman–Crippen LogP) is 3.58. The van der Waals surface area contributed by atoms with Crippen LogP contribution in [0.1, 0.15) is 56.2 Å². The highest BCUT2D eigenvalue weighted by Gasteiger charge is 2.28. The van der Waals surface area contributed by atoms with Gasteiger partial charge in [0.2, 0.25) is 11.8 Å². The van der Waals surface area contributed by atoms with Crippen LogP contribution in [0.5, 0.6) is 11.8 Å². The van der Waals surface area contributed by atoms with Crippen molar-refractivity contribution in [1.29, 1.82) is 0 Å². The number of nitrogens with zero attached hydrogens (tertiary/aromatic N) is 4. The van der Waals surface area contributed by atoms with Crippen LogP contribution < -0.4 is 15.2 Å². The fourth-order valence-electron chi connectivity index (χ4n) is 5.39. The Morgan fingerprint density at radius 1 is 1.02 bits per heavy atom. The maximum Gasteiger partial charge on any atom is 0.410 e. The van der Waals surface area contributed by atoms with Crippen molar-refractivity contribution >= 4 is 12.1 Å². The first-order chi connectivity index (χ1) is 21.0. The minimum Gasteiger partial charge on any atom is -0.474 e. The minimum atomic E-state index is -1.26. The molecule has 44 heavy (non-hydrogen) atoms. The summed E-state index contributed by atoms with van der Waals surface area (Å²) in [7, 11) is 1.69. The van der Waals surface area contributed by atoms with Crippen molar-refractivity contribution in [3.8, 4) is 11.8 Å². The molecule has 2 N–H and O–H groups in total. The van der Waals surface area contributed by atoms with Crippen LogP contribution in [0.25, 0.3) is 0 Å². The third kappa shape index (κ3) is 9.05.